The summed E-state index contributed by atoms with van der Waals surface area (Å²) in [5, 5.41) is 0. The first-order chi connectivity index (χ1) is 14.3. The van der Waals surface area contributed by atoms with E-state index in [4.69, 9.17) is 13.7 Å². The first-order valence-corrected chi connectivity index (χ1v) is 12.4. The Bertz CT molecular complexity index is 803. The molecule has 0 N–H and O–H groups in total. The lowest BCUT2D eigenvalue weighted by molar-refractivity contribution is -0.142. The van der Waals surface area contributed by atoms with Crippen molar-refractivity contribution >= 4 is 16.4 Å². The fourth-order valence-corrected chi connectivity index (χ4v) is 5.89. The van der Waals surface area contributed by atoms with Crippen LogP contribution in [0.3, 0.4) is 0 Å². The highest BCUT2D eigenvalue weighted by Gasteiger charge is 2.43. The van der Waals surface area contributed by atoms with Crippen LogP contribution in [0.4, 0.5) is 0 Å². The Morgan fingerprint density at radius 2 is 1.53 bits per heavy atom. The molecule has 166 valence electrons. The summed E-state index contributed by atoms with van der Waals surface area (Å²) < 4.78 is 40.8. The van der Waals surface area contributed by atoms with Crippen LogP contribution in [0.1, 0.15) is 56.9 Å². The fraction of sp³-hybridized carbons (Fsp3) is 0.696. The molecule has 2 aliphatic carbocycles. The van der Waals surface area contributed by atoms with E-state index in [-0.39, 0.29) is 22.3 Å². The van der Waals surface area contributed by atoms with Crippen LogP contribution in [0.25, 0.3) is 0 Å². The highest BCUT2D eigenvalue weighted by atomic mass is 32.2. The summed E-state index contributed by atoms with van der Waals surface area (Å²) in [6, 6.07) is 6.75. The number of fused-ring (bicyclic) bond motifs is 6. The average molecular weight is 437 g/mol. The van der Waals surface area contributed by atoms with Gasteiger partial charge in [0, 0.05) is 10.8 Å². The van der Waals surface area contributed by atoms with Crippen molar-refractivity contribution in [3.8, 4) is 0 Å². The highest BCUT2D eigenvalue weighted by Crippen LogP contribution is 2.44. The lowest BCUT2D eigenvalue weighted by Crippen LogP contribution is -2.45. The van der Waals surface area contributed by atoms with Gasteiger partial charge in [0.2, 0.25) is 0 Å². The quantitative estimate of drug-likeness (QED) is 0.516. The molecule has 4 heterocycles. The molecule has 4 aliphatic heterocycles. The molecule has 7 rings (SSSR count). The second kappa shape index (κ2) is 8.69. The van der Waals surface area contributed by atoms with Crippen LogP contribution >= 0.6 is 0 Å². The molecule has 7 heteroatoms. The van der Waals surface area contributed by atoms with Gasteiger partial charge in [0.15, 0.2) is 0 Å². The van der Waals surface area contributed by atoms with Crippen LogP contribution in [0.5, 0.6) is 0 Å². The molecule has 30 heavy (non-hydrogen) atoms. The molecule has 0 radical (unpaired) electrons. The van der Waals surface area contributed by atoms with E-state index in [0.717, 1.165) is 63.2 Å². The van der Waals surface area contributed by atoms with Crippen LogP contribution < -0.4 is 0 Å². The van der Waals surface area contributed by atoms with Crippen molar-refractivity contribution in [1.29, 1.82) is 0 Å². The smallest absolute Gasteiger partial charge is 0.296 e. The van der Waals surface area contributed by atoms with Crippen molar-refractivity contribution in [2.24, 2.45) is 10.8 Å². The van der Waals surface area contributed by atoms with Gasteiger partial charge in [-0.2, -0.15) is 8.42 Å². The van der Waals surface area contributed by atoms with Crippen LogP contribution in [0.15, 0.2) is 29.2 Å². The Labute approximate surface area is 179 Å². The minimum absolute atomic E-state index is 0.0747. The molecule has 2 saturated carbocycles. The molecule has 6 fully saturated rings. The van der Waals surface area contributed by atoms with Gasteiger partial charge >= 0.3 is 0 Å². The number of rotatable bonds is 5. The number of aldehydes is 1. The van der Waals surface area contributed by atoms with E-state index in [2.05, 4.69) is 0 Å². The van der Waals surface area contributed by atoms with Crippen LogP contribution in [-0.2, 0) is 28.6 Å². The fourth-order valence-electron chi connectivity index (χ4n) is 4.88. The van der Waals surface area contributed by atoms with Gasteiger partial charge in [0.25, 0.3) is 10.1 Å². The number of benzene rings is 1. The van der Waals surface area contributed by atoms with Gasteiger partial charge in [-0.3, -0.25) is 4.18 Å². The zero-order chi connectivity index (χ0) is 21.2. The van der Waals surface area contributed by atoms with Gasteiger partial charge in [0.1, 0.15) is 6.29 Å². The van der Waals surface area contributed by atoms with Crippen molar-refractivity contribution < 1.29 is 26.9 Å². The van der Waals surface area contributed by atoms with Crippen LogP contribution in [-0.4, -0.2) is 46.7 Å². The van der Waals surface area contributed by atoms with E-state index in [1.165, 1.54) is 0 Å². The Morgan fingerprint density at radius 3 is 1.97 bits per heavy atom. The maximum Gasteiger partial charge on any atom is 0.296 e. The Kier molecular flexibility index (Phi) is 6.35. The van der Waals surface area contributed by atoms with Crippen molar-refractivity contribution in [1.82, 2.24) is 0 Å². The topological polar surface area (TPSA) is 78.9 Å². The first-order valence-electron chi connectivity index (χ1n) is 11.0. The second-order valence-electron chi connectivity index (χ2n) is 9.53. The number of carbonyl (C=O) groups excluding carboxylic acids is 1. The first kappa shape index (κ1) is 21.9. The number of hydrogen-bond donors (Lipinski definition) is 0. The minimum atomic E-state index is -3.66. The summed E-state index contributed by atoms with van der Waals surface area (Å²) >= 11 is 0. The highest BCUT2D eigenvalue weighted by molar-refractivity contribution is 7.86. The third-order valence-corrected chi connectivity index (χ3v) is 8.51. The Morgan fingerprint density at radius 1 is 0.967 bits per heavy atom. The normalized spacial score (nSPS) is 34.8. The molecule has 0 amide bonds. The van der Waals surface area contributed by atoms with E-state index in [0.29, 0.717) is 25.4 Å². The third kappa shape index (κ3) is 4.79. The number of ether oxygens (including phenoxy) is 2. The zero-order valence-electron chi connectivity index (χ0n) is 17.7. The van der Waals surface area contributed by atoms with Gasteiger partial charge < -0.3 is 14.3 Å². The molecule has 0 atom stereocenters. The standard InChI is InChI=1S/C15H20O4S.C8H12O2/c1-12-2-4-14(5-3-12)20(16,17)19-11-15-8-6-13(7-9-15)18-10-15;9-5-8-3-1-7(2-4-8)10-6-8/h2-5,13H,6-11H2,1H3;5,7H,1-4,6H2. The van der Waals surface area contributed by atoms with Crippen LogP contribution in [0.2, 0.25) is 0 Å². The van der Waals surface area contributed by atoms with Gasteiger partial charge in [0.05, 0.1) is 36.9 Å². The van der Waals surface area contributed by atoms with Crippen molar-refractivity contribution in [2.45, 2.75) is 75.4 Å². The van der Waals surface area contributed by atoms with Crippen molar-refractivity contribution in [2.75, 3.05) is 19.8 Å². The van der Waals surface area contributed by atoms with Crippen molar-refractivity contribution in [3.63, 3.8) is 0 Å². The lowest BCUT2D eigenvalue weighted by Gasteiger charge is -2.45. The molecule has 0 aromatic heterocycles. The number of hydrogen-bond acceptors (Lipinski definition) is 6. The van der Waals surface area contributed by atoms with Gasteiger partial charge in [-0.1, -0.05) is 17.7 Å². The number of aryl methyl sites for hydroxylation is 1. The van der Waals surface area contributed by atoms with Crippen LogP contribution in [0, 0.1) is 17.8 Å². The van der Waals surface area contributed by atoms with E-state index in [1.54, 1.807) is 24.3 Å². The largest absolute Gasteiger partial charge is 0.378 e. The molecule has 6 aliphatic rings. The molecule has 1 aromatic carbocycles. The van der Waals surface area contributed by atoms with Gasteiger partial charge in [-0.15, -0.1) is 0 Å². The second-order valence-corrected chi connectivity index (χ2v) is 11.1. The van der Waals surface area contributed by atoms with E-state index >= 15 is 0 Å². The molecule has 1 aromatic rings. The average Bonchev–Trinajstić information content (AvgIpc) is 2.81. The molecule has 4 bridgehead atoms. The van der Waals surface area contributed by atoms with Crippen molar-refractivity contribution in [3.05, 3.63) is 29.8 Å². The predicted octanol–water partition coefficient (Wildman–Crippen LogP) is 3.80. The van der Waals surface area contributed by atoms with Gasteiger partial charge in [-0.25, -0.2) is 0 Å². The molecule has 0 unspecified atom stereocenters. The van der Waals surface area contributed by atoms with E-state index in [9.17, 15) is 13.2 Å². The summed E-state index contributed by atoms with van der Waals surface area (Å²) in [7, 11) is -3.66. The molecule has 0 spiro atoms. The Hall–Kier alpha value is -1.28. The summed E-state index contributed by atoms with van der Waals surface area (Å²) in [5.74, 6) is 0. The summed E-state index contributed by atoms with van der Waals surface area (Å²) in [6.45, 7) is 3.46. The van der Waals surface area contributed by atoms with Gasteiger partial charge in [-0.05, 0) is 70.4 Å². The zero-order valence-corrected chi connectivity index (χ0v) is 18.5. The summed E-state index contributed by atoms with van der Waals surface area (Å²) in [6.07, 6.45) is 10.3. The maximum atomic E-state index is 12.2. The minimum Gasteiger partial charge on any atom is -0.378 e. The molecular weight excluding hydrogens is 404 g/mol. The summed E-state index contributed by atoms with van der Waals surface area (Å²) in [5.41, 5.74) is 0.850. The van der Waals surface area contributed by atoms with E-state index in [1.807, 2.05) is 6.92 Å². The molecular formula is C23H32O6S. The molecule has 4 saturated heterocycles. The SMILES string of the molecule is Cc1ccc(S(=O)(=O)OCC23CCC(CC2)OC3)cc1.O=CC12CCC(CC1)OC2. The Balaban J connectivity index is 0.000000181. The summed E-state index contributed by atoms with van der Waals surface area (Å²) in [4.78, 5) is 10.9. The monoisotopic (exact) mass is 436 g/mol. The third-order valence-electron chi connectivity index (χ3n) is 7.23. The predicted molar refractivity (Wildman–Crippen MR) is 112 cm³/mol. The molecule has 6 nitrogen and oxygen atoms in total. The van der Waals surface area contributed by atoms with E-state index < -0.39 is 10.1 Å². The number of carbonyl (C=O) groups is 1. The maximum absolute atomic E-state index is 12.2. The lowest BCUT2D eigenvalue weighted by atomic mass is 9.72.